The summed E-state index contributed by atoms with van der Waals surface area (Å²) in [6.07, 6.45) is 0.965. The minimum atomic E-state index is 0.257. The van der Waals surface area contributed by atoms with Gasteiger partial charge in [0.15, 0.2) is 0 Å². The van der Waals surface area contributed by atoms with E-state index in [2.05, 4.69) is 67.7 Å². The van der Waals surface area contributed by atoms with Gasteiger partial charge in [0.2, 0.25) is 0 Å². The Kier molecular flexibility index (Phi) is 5.97. The van der Waals surface area contributed by atoms with Crippen LogP contribution < -0.4 is 5.32 Å². The lowest BCUT2D eigenvalue weighted by atomic mass is 9.96. The van der Waals surface area contributed by atoms with Gasteiger partial charge in [-0.1, -0.05) is 61.0 Å². The number of rotatable bonds is 7. The quantitative estimate of drug-likeness (QED) is 0.832. The highest BCUT2D eigenvalue weighted by molar-refractivity contribution is 5.34. The summed E-state index contributed by atoms with van der Waals surface area (Å²) in [6.45, 7) is 5.99. The van der Waals surface area contributed by atoms with Gasteiger partial charge in [0.05, 0.1) is 12.6 Å². The van der Waals surface area contributed by atoms with Gasteiger partial charge in [0, 0.05) is 7.11 Å². The van der Waals surface area contributed by atoms with Crippen LogP contribution in [0, 0.1) is 6.92 Å². The topological polar surface area (TPSA) is 21.3 Å². The van der Waals surface area contributed by atoms with Gasteiger partial charge in [-0.15, -0.1) is 0 Å². The molecule has 2 nitrogen and oxygen atoms in total. The number of hydrogen-bond acceptors (Lipinski definition) is 2. The Morgan fingerprint density at radius 2 is 1.52 bits per heavy atom. The standard InChI is InChI=1S/C19H25NO/c1-4-20-19(17-9-5-15(2)6-10-17)18-11-7-16(8-12-18)13-14-21-3/h5-12,19-20H,4,13-14H2,1-3H3. The summed E-state index contributed by atoms with van der Waals surface area (Å²) in [5, 5.41) is 3.57. The first-order valence-corrected chi connectivity index (χ1v) is 7.62. The summed E-state index contributed by atoms with van der Waals surface area (Å²) in [5.41, 5.74) is 5.23. The third kappa shape index (κ3) is 4.42. The maximum absolute atomic E-state index is 5.13. The maximum Gasteiger partial charge on any atom is 0.0576 e. The van der Waals surface area contributed by atoms with Crippen LogP contribution in [0.15, 0.2) is 48.5 Å². The van der Waals surface area contributed by atoms with E-state index in [1.807, 2.05) is 0 Å². The zero-order chi connectivity index (χ0) is 15.1. The lowest BCUT2D eigenvalue weighted by Gasteiger charge is -2.19. The molecule has 0 bridgehead atoms. The van der Waals surface area contributed by atoms with Crippen LogP contribution in [0.3, 0.4) is 0 Å². The van der Waals surface area contributed by atoms with Crippen molar-refractivity contribution in [2.45, 2.75) is 26.3 Å². The fourth-order valence-corrected chi connectivity index (χ4v) is 2.49. The average Bonchev–Trinajstić information content (AvgIpc) is 2.52. The van der Waals surface area contributed by atoms with Gasteiger partial charge in [0.25, 0.3) is 0 Å². The molecule has 2 aromatic carbocycles. The van der Waals surface area contributed by atoms with E-state index < -0.39 is 0 Å². The van der Waals surface area contributed by atoms with Gasteiger partial charge in [0.1, 0.15) is 0 Å². The third-order valence-corrected chi connectivity index (χ3v) is 3.73. The lowest BCUT2D eigenvalue weighted by Crippen LogP contribution is -2.21. The van der Waals surface area contributed by atoms with Crippen LogP contribution in [-0.4, -0.2) is 20.3 Å². The van der Waals surface area contributed by atoms with Crippen molar-refractivity contribution in [3.05, 3.63) is 70.8 Å². The third-order valence-electron chi connectivity index (χ3n) is 3.73. The highest BCUT2D eigenvalue weighted by atomic mass is 16.5. The Bertz CT molecular complexity index is 530. The number of methoxy groups -OCH3 is 1. The second-order valence-electron chi connectivity index (χ2n) is 5.39. The highest BCUT2D eigenvalue weighted by Gasteiger charge is 2.12. The molecule has 0 aliphatic rings. The van der Waals surface area contributed by atoms with E-state index in [1.54, 1.807) is 7.11 Å². The molecule has 2 aromatic rings. The molecule has 0 aromatic heterocycles. The zero-order valence-electron chi connectivity index (χ0n) is 13.2. The smallest absolute Gasteiger partial charge is 0.0576 e. The fraction of sp³-hybridized carbons (Fsp3) is 0.368. The predicted octanol–water partition coefficient (Wildman–Crippen LogP) is 3.88. The fourth-order valence-electron chi connectivity index (χ4n) is 2.49. The normalized spacial score (nSPS) is 12.3. The van der Waals surface area contributed by atoms with E-state index in [0.29, 0.717) is 0 Å². The lowest BCUT2D eigenvalue weighted by molar-refractivity contribution is 0.202. The summed E-state index contributed by atoms with van der Waals surface area (Å²) >= 11 is 0. The van der Waals surface area contributed by atoms with Crippen molar-refractivity contribution in [3.63, 3.8) is 0 Å². The van der Waals surface area contributed by atoms with Crippen LogP contribution in [0.5, 0.6) is 0 Å². The second-order valence-corrected chi connectivity index (χ2v) is 5.39. The molecule has 0 spiro atoms. The van der Waals surface area contributed by atoms with Gasteiger partial charge in [-0.05, 0) is 36.6 Å². The number of aryl methyl sites for hydroxylation is 1. The molecular weight excluding hydrogens is 258 g/mol. The molecule has 0 fully saturated rings. The number of hydrogen-bond donors (Lipinski definition) is 1. The molecule has 0 aliphatic heterocycles. The predicted molar refractivity (Wildman–Crippen MR) is 88.7 cm³/mol. The number of ether oxygens (including phenoxy) is 1. The first kappa shape index (κ1) is 15.7. The van der Waals surface area contributed by atoms with Crippen molar-refractivity contribution >= 4 is 0 Å². The summed E-state index contributed by atoms with van der Waals surface area (Å²) in [4.78, 5) is 0. The summed E-state index contributed by atoms with van der Waals surface area (Å²) in [5.74, 6) is 0. The van der Waals surface area contributed by atoms with Crippen molar-refractivity contribution in [3.8, 4) is 0 Å². The van der Waals surface area contributed by atoms with Gasteiger partial charge < -0.3 is 10.1 Å². The molecular formula is C19H25NO. The molecule has 0 radical (unpaired) electrons. The highest BCUT2D eigenvalue weighted by Crippen LogP contribution is 2.23. The largest absolute Gasteiger partial charge is 0.384 e. The monoisotopic (exact) mass is 283 g/mol. The zero-order valence-corrected chi connectivity index (χ0v) is 13.2. The Hall–Kier alpha value is -1.64. The number of benzene rings is 2. The molecule has 0 saturated heterocycles. The van der Waals surface area contributed by atoms with E-state index in [4.69, 9.17) is 4.74 Å². The van der Waals surface area contributed by atoms with E-state index in [0.717, 1.165) is 19.6 Å². The van der Waals surface area contributed by atoms with Gasteiger partial charge >= 0.3 is 0 Å². The SMILES string of the molecule is CCNC(c1ccc(C)cc1)c1ccc(CCOC)cc1. The Balaban J connectivity index is 2.19. The van der Waals surface area contributed by atoms with Crippen LogP contribution in [0.1, 0.15) is 35.2 Å². The Labute approximate surface area is 128 Å². The molecule has 1 N–H and O–H groups in total. The van der Waals surface area contributed by atoms with Gasteiger partial charge in [-0.2, -0.15) is 0 Å². The van der Waals surface area contributed by atoms with Gasteiger partial charge in [-0.3, -0.25) is 0 Å². The summed E-state index contributed by atoms with van der Waals surface area (Å²) in [6, 6.07) is 17.9. The maximum atomic E-state index is 5.13. The van der Waals surface area contributed by atoms with Crippen LogP contribution in [0.25, 0.3) is 0 Å². The molecule has 1 atom stereocenters. The van der Waals surface area contributed by atoms with Crippen LogP contribution in [0.2, 0.25) is 0 Å². The number of nitrogens with one attached hydrogen (secondary N) is 1. The second kappa shape index (κ2) is 7.96. The van der Waals surface area contributed by atoms with Crippen molar-refractivity contribution < 1.29 is 4.74 Å². The van der Waals surface area contributed by atoms with Crippen molar-refractivity contribution in [1.82, 2.24) is 5.32 Å². The molecule has 2 heteroatoms. The van der Waals surface area contributed by atoms with Gasteiger partial charge in [-0.25, -0.2) is 0 Å². The Morgan fingerprint density at radius 3 is 2.05 bits per heavy atom. The first-order chi connectivity index (χ1) is 10.2. The summed E-state index contributed by atoms with van der Waals surface area (Å²) in [7, 11) is 1.74. The molecule has 0 amide bonds. The van der Waals surface area contributed by atoms with Crippen molar-refractivity contribution in [2.24, 2.45) is 0 Å². The summed E-state index contributed by atoms with van der Waals surface area (Å²) < 4.78 is 5.13. The molecule has 1 unspecified atom stereocenters. The van der Waals surface area contributed by atoms with E-state index in [-0.39, 0.29) is 6.04 Å². The minimum absolute atomic E-state index is 0.257. The molecule has 21 heavy (non-hydrogen) atoms. The molecule has 0 saturated carbocycles. The van der Waals surface area contributed by atoms with Crippen LogP contribution in [-0.2, 0) is 11.2 Å². The van der Waals surface area contributed by atoms with Crippen LogP contribution in [0.4, 0.5) is 0 Å². The van der Waals surface area contributed by atoms with E-state index in [1.165, 1.54) is 22.3 Å². The average molecular weight is 283 g/mol. The molecule has 2 rings (SSSR count). The molecule has 112 valence electrons. The molecule has 0 aliphatic carbocycles. The van der Waals surface area contributed by atoms with E-state index >= 15 is 0 Å². The van der Waals surface area contributed by atoms with E-state index in [9.17, 15) is 0 Å². The minimum Gasteiger partial charge on any atom is -0.384 e. The van der Waals surface area contributed by atoms with Crippen LogP contribution >= 0.6 is 0 Å². The van der Waals surface area contributed by atoms with Crippen molar-refractivity contribution in [1.29, 1.82) is 0 Å². The Morgan fingerprint density at radius 1 is 0.952 bits per heavy atom. The first-order valence-electron chi connectivity index (χ1n) is 7.62. The van der Waals surface area contributed by atoms with Crippen molar-refractivity contribution in [2.75, 3.05) is 20.3 Å². The molecule has 0 heterocycles.